The fourth-order valence-electron chi connectivity index (χ4n) is 1.46. The zero-order chi connectivity index (χ0) is 11.0. The van der Waals surface area contributed by atoms with Crippen LogP contribution in [0.1, 0.15) is 45.2 Å². The van der Waals surface area contributed by atoms with Crippen molar-refractivity contribution in [2.24, 2.45) is 0 Å². The standard InChI is InChI=1S/C11H16O.C2H6/c1-3-5-10-8-11(12)7-6-9(10)4-2;1-2/h6-8,12H,3-5H2,1-2H3;1-2H3. The summed E-state index contributed by atoms with van der Waals surface area (Å²) in [7, 11) is 0. The zero-order valence-corrected chi connectivity index (χ0v) is 9.80. The first-order valence-electron chi connectivity index (χ1n) is 5.58. The van der Waals surface area contributed by atoms with E-state index in [1.807, 2.05) is 26.0 Å². The van der Waals surface area contributed by atoms with Crippen LogP contribution in [0, 0.1) is 0 Å². The van der Waals surface area contributed by atoms with Crippen LogP contribution in [0.5, 0.6) is 5.75 Å². The molecular weight excluding hydrogens is 172 g/mol. The van der Waals surface area contributed by atoms with Crippen LogP contribution in [0.4, 0.5) is 0 Å². The predicted molar refractivity (Wildman–Crippen MR) is 62.8 cm³/mol. The molecule has 0 saturated heterocycles. The van der Waals surface area contributed by atoms with E-state index < -0.39 is 0 Å². The third-order valence-electron chi connectivity index (χ3n) is 2.09. The molecule has 1 heteroatoms. The van der Waals surface area contributed by atoms with Crippen molar-refractivity contribution < 1.29 is 5.11 Å². The first-order chi connectivity index (χ1) is 6.77. The third kappa shape index (κ3) is 3.82. The van der Waals surface area contributed by atoms with Gasteiger partial charge in [0, 0.05) is 0 Å². The Balaban J connectivity index is 0.000000791. The molecule has 0 bridgehead atoms. The summed E-state index contributed by atoms with van der Waals surface area (Å²) < 4.78 is 0. The van der Waals surface area contributed by atoms with Crippen molar-refractivity contribution in [2.75, 3.05) is 0 Å². The molecule has 0 saturated carbocycles. The van der Waals surface area contributed by atoms with Crippen LogP contribution in [0.3, 0.4) is 0 Å². The van der Waals surface area contributed by atoms with Crippen molar-refractivity contribution in [1.29, 1.82) is 0 Å². The topological polar surface area (TPSA) is 20.2 Å². The van der Waals surface area contributed by atoms with Crippen LogP contribution in [-0.4, -0.2) is 5.11 Å². The molecule has 14 heavy (non-hydrogen) atoms. The Morgan fingerprint density at radius 3 is 2.21 bits per heavy atom. The van der Waals surface area contributed by atoms with Crippen molar-refractivity contribution in [2.45, 2.75) is 47.0 Å². The number of hydrogen-bond acceptors (Lipinski definition) is 1. The minimum Gasteiger partial charge on any atom is -0.508 e. The molecule has 0 aliphatic heterocycles. The highest BCUT2D eigenvalue weighted by atomic mass is 16.3. The van der Waals surface area contributed by atoms with Gasteiger partial charge >= 0.3 is 0 Å². The fraction of sp³-hybridized carbons (Fsp3) is 0.538. The maximum absolute atomic E-state index is 9.26. The third-order valence-corrected chi connectivity index (χ3v) is 2.09. The number of aromatic hydroxyl groups is 1. The lowest BCUT2D eigenvalue weighted by molar-refractivity contribution is 0.474. The molecule has 80 valence electrons. The highest BCUT2D eigenvalue weighted by molar-refractivity contribution is 5.34. The van der Waals surface area contributed by atoms with Gasteiger partial charge < -0.3 is 5.11 Å². The SMILES string of the molecule is CC.CCCc1cc(O)ccc1CC. The quantitative estimate of drug-likeness (QED) is 0.773. The van der Waals surface area contributed by atoms with Crippen LogP contribution >= 0.6 is 0 Å². The summed E-state index contributed by atoms with van der Waals surface area (Å²) in [5.74, 6) is 0.385. The lowest BCUT2D eigenvalue weighted by atomic mass is 10.0. The van der Waals surface area contributed by atoms with Crippen LogP contribution in [-0.2, 0) is 12.8 Å². The molecule has 0 spiro atoms. The van der Waals surface area contributed by atoms with Gasteiger partial charge in [0.05, 0.1) is 0 Å². The minimum absolute atomic E-state index is 0.385. The number of phenolic OH excluding ortho intramolecular Hbond substituents is 1. The second-order valence-corrected chi connectivity index (χ2v) is 3.06. The lowest BCUT2D eigenvalue weighted by Gasteiger charge is -2.06. The van der Waals surface area contributed by atoms with Crippen molar-refractivity contribution in [3.05, 3.63) is 29.3 Å². The molecule has 0 atom stereocenters. The Labute approximate surface area is 87.8 Å². The van der Waals surface area contributed by atoms with Gasteiger partial charge in [-0.25, -0.2) is 0 Å². The summed E-state index contributed by atoms with van der Waals surface area (Å²) in [6.07, 6.45) is 3.25. The van der Waals surface area contributed by atoms with E-state index in [0.29, 0.717) is 5.75 Å². The summed E-state index contributed by atoms with van der Waals surface area (Å²) in [6.45, 7) is 8.30. The van der Waals surface area contributed by atoms with Gasteiger partial charge in [-0.3, -0.25) is 0 Å². The van der Waals surface area contributed by atoms with Gasteiger partial charge in [0.25, 0.3) is 0 Å². The van der Waals surface area contributed by atoms with E-state index in [1.54, 1.807) is 6.07 Å². The van der Waals surface area contributed by atoms with Crippen LogP contribution < -0.4 is 0 Å². The van der Waals surface area contributed by atoms with Gasteiger partial charge in [0.1, 0.15) is 5.75 Å². The molecule has 1 aromatic carbocycles. The summed E-state index contributed by atoms with van der Waals surface area (Å²) >= 11 is 0. The van der Waals surface area contributed by atoms with Gasteiger partial charge in [-0.1, -0.05) is 40.2 Å². The largest absolute Gasteiger partial charge is 0.508 e. The van der Waals surface area contributed by atoms with Crippen molar-refractivity contribution in [3.63, 3.8) is 0 Å². The number of rotatable bonds is 3. The molecule has 0 unspecified atom stereocenters. The molecule has 0 aliphatic rings. The summed E-state index contributed by atoms with van der Waals surface area (Å²) in [4.78, 5) is 0. The Hall–Kier alpha value is -0.980. The molecule has 0 heterocycles. The second-order valence-electron chi connectivity index (χ2n) is 3.06. The van der Waals surface area contributed by atoms with Crippen molar-refractivity contribution >= 4 is 0 Å². The average molecular weight is 194 g/mol. The van der Waals surface area contributed by atoms with Crippen LogP contribution in [0.15, 0.2) is 18.2 Å². The Morgan fingerprint density at radius 2 is 1.71 bits per heavy atom. The molecule has 0 amide bonds. The van der Waals surface area contributed by atoms with Gasteiger partial charge in [-0.15, -0.1) is 0 Å². The maximum Gasteiger partial charge on any atom is 0.115 e. The lowest BCUT2D eigenvalue weighted by Crippen LogP contribution is -1.91. The van der Waals surface area contributed by atoms with E-state index in [2.05, 4.69) is 13.8 Å². The van der Waals surface area contributed by atoms with E-state index in [0.717, 1.165) is 19.3 Å². The van der Waals surface area contributed by atoms with Crippen LogP contribution in [0.2, 0.25) is 0 Å². The van der Waals surface area contributed by atoms with Gasteiger partial charge in [-0.2, -0.15) is 0 Å². The molecular formula is C13H22O. The second kappa shape index (κ2) is 7.43. The molecule has 0 radical (unpaired) electrons. The molecule has 1 N–H and O–H groups in total. The van der Waals surface area contributed by atoms with E-state index in [-0.39, 0.29) is 0 Å². The molecule has 1 rings (SSSR count). The Kier molecular flexibility index (Phi) is 6.91. The van der Waals surface area contributed by atoms with E-state index in [9.17, 15) is 5.11 Å². The molecule has 0 fully saturated rings. The monoisotopic (exact) mass is 194 g/mol. The predicted octanol–water partition coefficient (Wildman–Crippen LogP) is 3.93. The molecule has 0 aromatic heterocycles. The number of benzene rings is 1. The van der Waals surface area contributed by atoms with Crippen molar-refractivity contribution in [3.8, 4) is 5.75 Å². The van der Waals surface area contributed by atoms with E-state index in [4.69, 9.17) is 0 Å². The summed E-state index contributed by atoms with van der Waals surface area (Å²) in [5.41, 5.74) is 2.65. The Bertz CT molecular complexity index is 253. The molecule has 1 aromatic rings. The van der Waals surface area contributed by atoms with Gasteiger partial charge in [-0.05, 0) is 36.1 Å². The number of hydrogen-bond donors (Lipinski definition) is 1. The molecule has 0 aliphatic carbocycles. The van der Waals surface area contributed by atoms with Crippen LogP contribution in [0.25, 0.3) is 0 Å². The summed E-state index contributed by atoms with van der Waals surface area (Å²) in [6, 6.07) is 5.65. The minimum atomic E-state index is 0.385. The first-order valence-corrected chi connectivity index (χ1v) is 5.58. The van der Waals surface area contributed by atoms with Gasteiger partial charge in [0.2, 0.25) is 0 Å². The van der Waals surface area contributed by atoms with Gasteiger partial charge in [0.15, 0.2) is 0 Å². The smallest absolute Gasteiger partial charge is 0.115 e. The average Bonchev–Trinajstić information content (AvgIpc) is 2.22. The maximum atomic E-state index is 9.26. The fourth-order valence-corrected chi connectivity index (χ4v) is 1.46. The molecule has 1 nitrogen and oxygen atoms in total. The summed E-state index contributed by atoms with van der Waals surface area (Å²) in [5, 5.41) is 9.26. The number of aryl methyl sites for hydroxylation is 2. The normalized spacial score (nSPS) is 9.14. The van der Waals surface area contributed by atoms with E-state index >= 15 is 0 Å². The zero-order valence-electron chi connectivity index (χ0n) is 9.80. The Morgan fingerprint density at radius 1 is 1.07 bits per heavy atom. The highest BCUT2D eigenvalue weighted by Gasteiger charge is 2.00. The van der Waals surface area contributed by atoms with Crippen molar-refractivity contribution in [1.82, 2.24) is 0 Å². The number of phenols is 1. The van der Waals surface area contributed by atoms with E-state index in [1.165, 1.54) is 11.1 Å². The highest BCUT2D eigenvalue weighted by Crippen LogP contribution is 2.18. The first kappa shape index (κ1) is 13.0.